The Morgan fingerprint density at radius 2 is 0.619 bits per heavy atom. The predicted octanol–water partition coefficient (Wildman–Crippen LogP) is 5.29. The summed E-state index contributed by atoms with van der Waals surface area (Å²) >= 11 is 0. The first-order valence-corrected chi connectivity index (χ1v) is 9.50. The van der Waals surface area contributed by atoms with Crippen LogP contribution in [-0.4, -0.2) is 0 Å². The van der Waals surface area contributed by atoms with Crippen molar-refractivity contribution in [2.24, 2.45) is 47.3 Å². The molecule has 8 aliphatic rings. The SMILES string of the molecule is [Au].[CH-]1C2CC3CC1CC(C2)C3.[CH-]1C2CC3CC1CC(C2)C3. The van der Waals surface area contributed by atoms with Crippen molar-refractivity contribution in [1.29, 1.82) is 0 Å². The van der Waals surface area contributed by atoms with Crippen molar-refractivity contribution >= 4 is 0 Å². The minimum absolute atomic E-state index is 0. The zero-order chi connectivity index (χ0) is 13.1. The van der Waals surface area contributed by atoms with E-state index in [-0.39, 0.29) is 22.4 Å². The summed E-state index contributed by atoms with van der Waals surface area (Å²) in [7, 11) is 0. The molecule has 0 aromatic heterocycles. The van der Waals surface area contributed by atoms with Crippen LogP contribution in [0.25, 0.3) is 0 Å². The van der Waals surface area contributed by atoms with Gasteiger partial charge in [-0.15, -0.1) is 0 Å². The number of hydrogen-bond donors (Lipinski definition) is 0. The standard InChI is InChI=1S/2C10H15.Au/c2*1-7-2-9-4-8(1)5-10(3-7)6-9;/h2*1,7-10H,2-6H2;/q2*-1;. The van der Waals surface area contributed by atoms with Crippen LogP contribution < -0.4 is 0 Å². The second-order valence-electron chi connectivity index (χ2n) is 9.25. The van der Waals surface area contributed by atoms with E-state index >= 15 is 0 Å². The fourth-order valence-electron chi connectivity index (χ4n) is 7.31. The average Bonchev–Trinajstić information content (AvgIpc) is 2.35. The van der Waals surface area contributed by atoms with Gasteiger partial charge in [-0.05, 0) is 36.5 Å². The second kappa shape index (κ2) is 5.99. The normalized spacial score (nSPS) is 54.9. The number of rotatable bonds is 0. The van der Waals surface area contributed by atoms with Gasteiger partial charge in [-0.1, -0.05) is 51.4 Å². The fourth-order valence-corrected chi connectivity index (χ4v) is 7.31. The summed E-state index contributed by atoms with van der Waals surface area (Å²) in [5.41, 5.74) is 0. The van der Waals surface area contributed by atoms with E-state index in [4.69, 9.17) is 0 Å². The minimum Gasteiger partial charge on any atom is -0.322 e. The molecule has 8 bridgehead atoms. The molecular weight excluding hydrogens is 437 g/mol. The Bertz CT molecular complexity index is 225. The van der Waals surface area contributed by atoms with E-state index in [9.17, 15) is 0 Å². The van der Waals surface area contributed by atoms with Crippen LogP contribution in [0, 0.1) is 60.2 Å². The van der Waals surface area contributed by atoms with Gasteiger partial charge in [0.1, 0.15) is 0 Å². The molecule has 0 aromatic carbocycles. The smallest absolute Gasteiger partial charge is 0 e. The van der Waals surface area contributed by atoms with E-state index in [0.717, 1.165) is 47.3 Å². The molecule has 0 atom stereocenters. The van der Waals surface area contributed by atoms with Crippen molar-refractivity contribution in [1.82, 2.24) is 0 Å². The van der Waals surface area contributed by atoms with Gasteiger partial charge in [-0.3, -0.25) is 0 Å². The molecule has 0 nitrogen and oxygen atoms in total. The van der Waals surface area contributed by atoms with Gasteiger partial charge >= 0.3 is 0 Å². The van der Waals surface area contributed by atoms with Gasteiger partial charge in [-0.25, -0.2) is 0 Å². The Morgan fingerprint density at radius 3 is 0.810 bits per heavy atom. The first kappa shape index (κ1) is 15.3. The molecule has 0 unspecified atom stereocenters. The Morgan fingerprint density at radius 1 is 0.381 bits per heavy atom. The summed E-state index contributed by atoms with van der Waals surface area (Å²) in [6.45, 7) is 0. The molecule has 1 heteroatoms. The summed E-state index contributed by atoms with van der Waals surface area (Å²) in [6.07, 6.45) is 20.9. The molecule has 8 fully saturated rings. The van der Waals surface area contributed by atoms with Crippen molar-refractivity contribution in [3.8, 4) is 0 Å². The van der Waals surface area contributed by atoms with E-state index < -0.39 is 0 Å². The molecule has 21 heavy (non-hydrogen) atoms. The monoisotopic (exact) mass is 467 g/mol. The summed E-state index contributed by atoms with van der Waals surface area (Å²) in [5.74, 6) is 8.79. The predicted molar refractivity (Wildman–Crippen MR) is 82.7 cm³/mol. The molecule has 0 N–H and O–H groups in total. The van der Waals surface area contributed by atoms with Gasteiger partial charge in [0.25, 0.3) is 0 Å². The maximum atomic E-state index is 2.66. The van der Waals surface area contributed by atoms with Crippen molar-refractivity contribution in [3.63, 3.8) is 0 Å². The van der Waals surface area contributed by atoms with Crippen LogP contribution in [-0.2, 0) is 22.4 Å². The fraction of sp³-hybridized carbons (Fsp3) is 0.900. The Hall–Kier alpha value is 0.740. The maximum absolute atomic E-state index is 2.66. The summed E-state index contributed by atoms with van der Waals surface area (Å²) in [6, 6.07) is 0. The first-order valence-electron chi connectivity index (χ1n) is 9.50. The van der Waals surface area contributed by atoms with Gasteiger partial charge in [-0.2, -0.15) is 23.7 Å². The van der Waals surface area contributed by atoms with Crippen LogP contribution in [0.15, 0.2) is 0 Å². The third-order valence-corrected chi connectivity index (χ3v) is 7.51. The summed E-state index contributed by atoms with van der Waals surface area (Å²) in [4.78, 5) is 0. The molecule has 8 aliphatic carbocycles. The van der Waals surface area contributed by atoms with Gasteiger partial charge in [0.15, 0.2) is 0 Å². The Labute approximate surface area is 146 Å². The Kier molecular flexibility index (Phi) is 4.36. The molecule has 0 heterocycles. The molecule has 1 radical (unpaired) electrons. The van der Waals surface area contributed by atoms with E-state index in [2.05, 4.69) is 12.8 Å². The van der Waals surface area contributed by atoms with E-state index in [0.29, 0.717) is 0 Å². The molecule has 8 saturated carbocycles. The molecule has 8 rings (SSSR count). The van der Waals surface area contributed by atoms with Crippen LogP contribution in [0.1, 0.15) is 64.2 Å². The zero-order valence-electron chi connectivity index (χ0n) is 13.1. The molecular formula is C20H30Au-2. The molecule has 0 spiro atoms. The molecule has 0 saturated heterocycles. The molecule has 0 amide bonds. The van der Waals surface area contributed by atoms with Crippen LogP contribution in [0.2, 0.25) is 0 Å². The average molecular weight is 467 g/mol. The van der Waals surface area contributed by atoms with Gasteiger partial charge < -0.3 is 12.8 Å². The van der Waals surface area contributed by atoms with Crippen molar-refractivity contribution in [2.45, 2.75) is 64.2 Å². The van der Waals surface area contributed by atoms with Crippen molar-refractivity contribution < 1.29 is 22.4 Å². The summed E-state index contributed by atoms with van der Waals surface area (Å²) < 4.78 is 0. The summed E-state index contributed by atoms with van der Waals surface area (Å²) in [5, 5.41) is 0. The van der Waals surface area contributed by atoms with Gasteiger partial charge in [0, 0.05) is 22.4 Å². The zero-order valence-corrected chi connectivity index (χ0v) is 15.3. The molecule has 123 valence electrons. The Balaban J connectivity index is 0.000000105. The molecule has 0 aliphatic heterocycles. The quantitative estimate of drug-likeness (QED) is 0.336. The van der Waals surface area contributed by atoms with Crippen LogP contribution in [0.3, 0.4) is 0 Å². The first-order chi connectivity index (χ1) is 9.80. The van der Waals surface area contributed by atoms with Crippen molar-refractivity contribution in [3.05, 3.63) is 12.8 Å². The third-order valence-electron chi connectivity index (χ3n) is 7.51. The van der Waals surface area contributed by atoms with Crippen LogP contribution >= 0.6 is 0 Å². The number of hydrogen-bond acceptors (Lipinski definition) is 0. The van der Waals surface area contributed by atoms with E-state index in [1.165, 1.54) is 0 Å². The van der Waals surface area contributed by atoms with Gasteiger partial charge in [0.05, 0.1) is 0 Å². The van der Waals surface area contributed by atoms with Crippen LogP contribution in [0.4, 0.5) is 0 Å². The van der Waals surface area contributed by atoms with Gasteiger partial charge in [0.2, 0.25) is 0 Å². The van der Waals surface area contributed by atoms with Crippen LogP contribution in [0.5, 0.6) is 0 Å². The van der Waals surface area contributed by atoms with Crippen molar-refractivity contribution in [2.75, 3.05) is 0 Å². The largest absolute Gasteiger partial charge is 0.322 e. The van der Waals surface area contributed by atoms with E-state index in [1.54, 1.807) is 64.2 Å². The maximum Gasteiger partial charge on any atom is 0 e. The second-order valence-corrected chi connectivity index (χ2v) is 9.25. The van der Waals surface area contributed by atoms with E-state index in [1.807, 2.05) is 0 Å². The molecule has 0 aromatic rings. The third kappa shape index (κ3) is 3.07. The topological polar surface area (TPSA) is 0 Å². The minimum atomic E-state index is 0.